The molecule has 1 aromatic rings. The number of hydrogen-bond donors (Lipinski definition) is 1. The second-order valence-corrected chi connectivity index (χ2v) is 3.92. The third-order valence-corrected chi connectivity index (χ3v) is 2.54. The SMILES string of the molecule is COCc1ccc(OC)c(OC)c1CC(C)O. The summed E-state index contributed by atoms with van der Waals surface area (Å²) in [7, 11) is 4.84. The van der Waals surface area contributed by atoms with E-state index in [1.54, 1.807) is 28.3 Å². The molecule has 0 radical (unpaired) electrons. The first-order chi connectivity index (χ1) is 8.13. The lowest BCUT2D eigenvalue weighted by Crippen LogP contribution is -2.10. The number of aliphatic hydroxyl groups excluding tert-OH is 1. The molecule has 0 amide bonds. The molecular formula is C13H20O4. The summed E-state index contributed by atoms with van der Waals surface area (Å²) in [6.45, 7) is 2.23. The van der Waals surface area contributed by atoms with Gasteiger partial charge in [-0.05, 0) is 18.6 Å². The molecule has 0 heterocycles. The number of hydrogen-bond acceptors (Lipinski definition) is 4. The molecule has 1 N–H and O–H groups in total. The number of rotatable bonds is 6. The van der Waals surface area contributed by atoms with Gasteiger partial charge >= 0.3 is 0 Å². The minimum atomic E-state index is -0.438. The Kier molecular flexibility index (Phi) is 5.25. The van der Waals surface area contributed by atoms with Gasteiger partial charge in [0.05, 0.1) is 26.9 Å². The quantitative estimate of drug-likeness (QED) is 0.823. The fourth-order valence-corrected chi connectivity index (χ4v) is 1.84. The molecule has 1 atom stereocenters. The third-order valence-electron chi connectivity index (χ3n) is 2.54. The van der Waals surface area contributed by atoms with Crippen LogP contribution in [-0.2, 0) is 17.8 Å². The third kappa shape index (κ3) is 3.35. The standard InChI is InChI=1S/C13H20O4/c1-9(14)7-11-10(8-15-2)5-6-12(16-3)13(11)17-4/h5-6,9,14H,7-8H2,1-4H3. The van der Waals surface area contributed by atoms with Gasteiger partial charge in [0.15, 0.2) is 11.5 Å². The average molecular weight is 240 g/mol. The predicted octanol–water partition coefficient (Wildman–Crippen LogP) is 1.77. The van der Waals surface area contributed by atoms with Gasteiger partial charge in [-0.3, -0.25) is 0 Å². The molecule has 0 bridgehead atoms. The van der Waals surface area contributed by atoms with Crippen LogP contribution in [0.1, 0.15) is 18.1 Å². The number of aliphatic hydroxyl groups is 1. The van der Waals surface area contributed by atoms with Gasteiger partial charge in [-0.25, -0.2) is 0 Å². The molecule has 96 valence electrons. The van der Waals surface area contributed by atoms with E-state index in [0.717, 1.165) is 11.1 Å². The highest BCUT2D eigenvalue weighted by molar-refractivity contribution is 5.51. The molecule has 1 rings (SSSR count). The zero-order valence-electron chi connectivity index (χ0n) is 10.8. The number of benzene rings is 1. The smallest absolute Gasteiger partial charge is 0.164 e. The lowest BCUT2D eigenvalue weighted by Gasteiger charge is -2.17. The molecule has 4 nitrogen and oxygen atoms in total. The fourth-order valence-electron chi connectivity index (χ4n) is 1.84. The van der Waals surface area contributed by atoms with Crippen molar-refractivity contribution in [3.05, 3.63) is 23.3 Å². The first kappa shape index (κ1) is 13.8. The summed E-state index contributed by atoms with van der Waals surface area (Å²) in [5, 5.41) is 9.54. The Bertz CT molecular complexity index is 361. The monoisotopic (exact) mass is 240 g/mol. The van der Waals surface area contributed by atoms with Crippen molar-refractivity contribution < 1.29 is 19.3 Å². The summed E-state index contributed by atoms with van der Waals surface area (Å²) in [5.74, 6) is 1.34. The highest BCUT2D eigenvalue weighted by Crippen LogP contribution is 2.34. The van der Waals surface area contributed by atoms with Gasteiger partial charge in [-0.1, -0.05) is 6.07 Å². The molecule has 4 heteroatoms. The first-order valence-electron chi connectivity index (χ1n) is 5.53. The van der Waals surface area contributed by atoms with Crippen molar-refractivity contribution in [2.45, 2.75) is 26.1 Å². The average Bonchev–Trinajstić information content (AvgIpc) is 2.30. The maximum atomic E-state index is 9.54. The van der Waals surface area contributed by atoms with Gasteiger partial charge in [0.25, 0.3) is 0 Å². The van der Waals surface area contributed by atoms with E-state index in [0.29, 0.717) is 24.5 Å². The zero-order chi connectivity index (χ0) is 12.8. The zero-order valence-corrected chi connectivity index (χ0v) is 10.8. The van der Waals surface area contributed by atoms with Crippen LogP contribution in [0.15, 0.2) is 12.1 Å². The molecule has 1 aromatic carbocycles. The van der Waals surface area contributed by atoms with E-state index >= 15 is 0 Å². The lowest BCUT2D eigenvalue weighted by atomic mass is 10.0. The van der Waals surface area contributed by atoms with E-state index in [2.05, 4.69) is 0 Å². The lowest BCUT2D eigenvalue weighted by molar-refractivity contribution is 0.177. The van der Waals surface area contributed by atoms with Gasteiger partial charge in [-0.15, -0.1) is 0 Å². The van der Waals surface area contributed by atoms with Crippen molar-refractivity contribution in [1.82, 2.24) is 0 Å². The number of methoxy groups -OCH3 is 3. The van der Waals surface area contributed by atoms with Gasteiger partial charge in [0.1, 0.15) is 0 Å². The van der Waals surface area contributed by atoms with Crippen molar-refractivity contribution in [2.24, 2.45) is 0 Å². The van der Waals surface area contributed by atoms with Crippen molar-refractivity contribution in [3.63, 3.8) is 0 Å². The Morgan fingerprint density at radius 2 is 1.88 bits per heavy atom. The van der Waals surface area contributed by atoms with Gasteiger partial charge in [0, 0.05) is 19.1 Å². The second kappa shape index (κ2) is 6.47. The summed E-state index contributed by atoms with van der Waals surface area (Å²) in [5.41, 5.74) is 1.94. The molecule has 0 spiro atoms. The van der Waals surface area contributed by atoms with E-state index in [1.807, 2.05) is 12.1 Å². The fraction of sp³-hybridized carbons (Fsp3) is 0.538. The van der Waals surface area contributed by atoms with Gasteiger partial charge in [-0.2, -0.15) is 0 Å². The molecule has 0 aliphatic heterocycles. The Labute approximate surface area is 102 Å². The molecule has 0 saturated heterocycles. The molecule has 0 aliphatic carbocycles. The van der Waals surface area contributed by atoms with Crippen LogP contribution in [0.3, 0.4) is 0 Å². The molecule has 0 saturated carbocycles. The maximum Gasteiger partial charge on any atom is 0.164 e. The highest BCUT2D eigenvalue weighted by atomic mass is 16.5. The van der Waals surface area contributed by atoms with Crippen LogP contribution >= 0.6 is 0 Å². The summed E-state index contributed by atoms with van der Waals surface area (Å²) in [4.78, 5) is 0. The summed E-state index contributed by atoms with van der Waals surface area (Å²) in [6, 6.07) is 3.78. The van der Waals surface area contributed by atoms with Crippen molar-refractivity contribution in [1.29, 1.82) is 0 Å². The molecule has 17 heavy (non-hydrogen) atoms. The van der Waals surface area contributed by atoms with Crippen molar-refractivity contribution in [3.8, 4) is 11.5 Å². The Balaban J connectivity index is 3.22. The summed E-state index contributed by atoms with van der Waals surface area (Å²) in [6.07, 6.45) is 0.0746. The predicted molar refractivity (Wildman–Crippen MR) is 65.6 cm³/mol. The largest absolute Gasteiger partial charge is 0.493 e. The molecule has 0 fully saturated rings. The molecule has 0 aromatic heterocycles. The molecular weight excluding hydrogens is 220 g/mol. The summed E-state index contributed by atoms with van der Waals surface area (Å²) < 4.78 is 15.8. The van der Waals surface area contributed by atoms with Crippen LogP contribution in [0, 0.1) is 0 Å². The van der Waals surface area contributed by atoms with Gasteiger partial charge in [0.2, 0.25) is 0 Å². The van der Waals surface area contributed by atoms with Crippen LogP contribution in [0.25, 0.3) is 0 Å². The van der Waals surface area contributed by atoms with Crippen LogP contribution in [0.5, 0.6) is 11.5 Å². The van der Waals surface area contributed by atoms with E-state index in [1.165, 1.54) is 0 Å². The maximum absolute atomic E-state index is 9.54. The van der Waals surface area contributed by atoms with Crippen molar-refractivity contribution >= 4 is 0 Å². The first-order valence-corrected chi connectivity index (χ1v) is 5.53. The van der Waals surface area contributed by atoms with Crippen LogP contribution in [0.4, 0.5) is 0 Å². The van der Waals surface area contributed by atoms with E-state index in [4.69, 9.17) is 14.2 Å². The second-order valence-electron chi connectivity index (χ2n) is 3.92. The van der Waals surface area contributed by atoms with Crippen LogP contribution in [-0.4, -0.2) is 32.5 Å². The minimum absolute atomic E-state index is 0.438. The van der Waals surface area contributed by atoms with Crippen molar-refractivity contribution in [2.75, 3.05) is 21.3 Å². The van der Waals surface area contributed by atoms with E-state index in [9.17, 15) is 5.11 Å². The topological polar surface area (TPSA) is 47.9 Å². The van der Waals surface area contributed by atoms with Crippen LogP contribution in [0.2, 0.25) is 0 Å². The van der Waals surface area contributed by atoms with E-state index < -0.39 is 6.10 Å². The molecule has 1 unspecified atom stereocenters. The highest BCUT2D eigenvalue weighted by Gasteiger charge is 2.16. The Morgan fingerprint density at radius 1 is 1.18 bits per heavy atom. The normalized spacial score (nSPS) is 12.3. The number of ether oxygens (including phenoxy) is 3. The molecule has 0 aliphatic rings. The Hall–Kier alpha value is -1.26. The Morgan fingerprint density at radius 3 is 2.35 bits per heavy atom. The van der Waals surface area contributed by atoms with Gasteiger partial charge < -0.3 is 19.3 Å². The van der Waals surface area contributed by atoms with Crippen LogP contribution < -0.4 is 9.47 Å². The minimum Gasteiger partial charge on any atom is -0.493 e. The summed E-state index contributed by atoms with van der Waals surface area (Å²) >= 11 is 0. The van der Waals surface area contributed by atoms with E-state index in [-0.39, 0.29) is 0 Å².